The molecule has 2 N–H and O–H groups in total. The Hall–Kier alpha value is -0.940. The summed E-state index contributed by atoms with van der Waals surface area (Å²) in [6.45, 7) is 1.01. The number of halogens is 3. The number of nitrogens with zero attached hydrogens (tertiary/aromatic N) is 1. The van der Waals surface area contributed by atoms with Crippen LogP contribution in [0.2, 0.25) is 5.02 Å². The minimum absolute atomic E-state index is 0.128. The van der Waals surface area contributed by atoms with E-state index in [1.54, 1.807) is 18.2 Å². The van der Waals surface area contributed by atoms with Gasteiger partial charge in [-0.1, -0.05) is 51.8 Å². The van der Waals surface area contributed by atoms with Gasteiger partial charge in [0, 0.05) is 29.2 Å². The summed E-state index contributed by atoms with van der Waals surface area (Å²) in [7, 11) is 1.93. The van der Waals surface area contributed by atoms with Gasteiger partial charge in [0.1, 0.15) is 5.82 Å². The minimum atomic E-state index is -0.391. The molecule has 0 saturated carbocycles. The zero-order chi connectivity index (χ0) is 15.4. The van der Waals surface area contributed by atoms with Crippen molar-refractivity contribution in [3.63, 3.8) is 0 Å². The molecule has 0 spiro atoms. The van der Waals surface area contributed by atoms with E-state index < -0.39 is 5.82 Å². The molecule has 112 valence electrons. The highest BCUT2D eigenvalue weighted by molar-refractivity contribution is 9.10. The van der Waals surface area contributed by atoms with Crippen LogP contribution in [0.1, 0.15) is 17.2 Å². The lowest BCUT2D eigenvalue weighted by Crippen LogP contribution is -2.30. The van der Waals surface area contributed by atoms with E-state index in [0.29, 0.717) is 18.7 Å². The normalized spacial score (nSPS) is 12.7. The van der Waals surface area contributed by atoms with Gasteiger partial charge in [-0.2, -0.15) is 0 Å². The van der Waals surface area contributed by atoms with Gasteiger partial charge in [0.05, 0.1) is 5.02 Å². The van der Waals surface area contributed by atoms with Gasteiger partial charge >= 0.3 is 0 Å². The van der Waals surface area contributed by atoms with Crippen LogP contribution in [-0.2, 0) is 6.54 Å². The fraction of sp³-hybridized carbons (Fsp3) is 0.250. The van der Waals surface area contributed by atoms with Crippen LogP contribution in [0.15, 0.2) is 46.9 Å². The van der Waals surface area contributed by atoms with Crippen LogP contribution in [0.3, 0.4) is 0 Å². The molecule has 1 atom stereocenters. The van der Waals surface area contributed by atoms with E-state index in [-0.39, 0.29) is 11.1 Å². The fourth-order valence-corrected chi connectivity index (χ4v) is 2.76. The summed E-state index contributed by atoms with van der Waals surface area (Å²) < 4.78 is 15.2. The summed E-state index contributed by atoms with van der Waals surface area (Å²) in [4.78, 5) is 2.03. The van der Waals surface area contributed by atoms with E-state index >= 15 is 0 Å². The molecule has 1 unspecified atom stereocenters. The van der Waals surface area contributed by atoms with Gasteiger partial charge in [-0.05, 0) is 30.8 Å². The van der Waals surface area contributed by atoms with Crippen molar-refractivity contribution in [2.24, 2.45) is 5.73 Å². The molecule has 0 bridgehead atoms. The minimum Gasteiger partial charge on any atom is -0.329 e. The van der Waals surface area contributed by atoms with Gasteiger partial charge in [0.2, 0.25) is 0 Å². The number of benzene rings is 2. The smallest absolute Gasteiger partial charge is 0.146 e. The zero-order valence-corrected chi connectivity index (χ0v) is 14.0. The van der Waals surface area contributed by atoms with Crippen molar-refractivity contribution in [2.45, 2.75) is 12.6 Å². The van der Waals surface area contributed by atoms with Crippen LogP contribution in [-0.4, -0.2) is 18.5 Å². The Bertz CT molecular complexity index is 604. The molecule has 0 fully saturated rings. The molecule has 0 heterocycles. The molecule has 2 nitrogen and oxygen atoms in total. The van der Waals surface area contributed by atoms with Crippen molar-refractivity contribution < 1.29 is 4.39 Å². The molecule has 0 aromatic heterocycles. The van der Waals surface area contributed by atoms with Crippen LogP contribution < -0.4 is 5.73 Å². The highest BCUT2D eigenvalue weighted by Crippen LogP contribution is 2.27. The van der Waals surface area contributed by atoms with Crippen molar-refractivity contribution in [2.75, 3.05) is 13.6 Å². The first-order valence-electron chi connectivity index (χ1n) is 6.61. The quantitative estimate of drug-likeness (QED) is 0.845. The molecule has 0 saturated heterocycles. The predicted molar refractivity (Wildman–Crippen MR) is 88.8 cm³/mol. The van der Waals surface area contributed by atoms with Crippen LogP contribution >= 0.6 is 27.5 Å². The van der Waals surface area contributed by atoms with E-state index in [4.69, 9.17) is 17.3 Å². The van der Waals surface area contributed by atoms with Gasteiger partial charge in [-0.15, -0.1) is 0 Å². The number of hydrogen-bond acceptors (Lipinski definition) is 2. The monoisotopic (exact) mass is 370 g/mol. The molecule has 2 aromatic rings. The third-order valence-electron chi connectivity index (χ3n) is 3.44. The zero-order valence-electron chi connectivity index (χ0n) is 11.7. The summed E-state index contributed by atoms with van der Waals surface area (Å²) >= 11 is 9.27. The largest absolute Gasteiger partial charge is 0.329 e. The molecular weight excluding hydrogens is 355 g/mol. The highest BCUT2D eigenvalue weighted by atomic mass is 79.9. The molecule has 0 radical (unpaired) electrons. The summed E-state index contributed by atoms with van der Waals surface area (Å²) in [6.07, 6.45) is 0. The van der Waals surface area contributed by atoms with Crippen molar-refractivity contribution in [3.05, 3.63) is 68.9 Å². The third-order valence-corrected chi connectivity index (χ3v) is 4.26. The maximum Gasteiger partial charge on any atom is 0.146 e. The highest BCUT2D eigenvalue weighted by Gasteiger charge is 2.20. The van der Waals surface area contributed by atoms with Gasteiger partial charge in [-0.25, -0.2) is 4.39 Å². The fourth-order valence-electron chi connectivity index (χ4n) is 2.31. The Morgan fingerprint density at radius 3 is 2.52 bits per heavy atom. The van der Waals surface area contributed by atoms with Crippen molar-refractivity contribution in [1.29, 1.82) is 0 Å². The number of nitrogens with two attached hydrogens (primary N) is 1. The second kappa shape index (κ2) is 7.36. The SMILES string of the molecule is CN(Cc1ccc(Br)cc1)C(CN)c1cccc(Cl)c1F. The molecule has 0 aliphatic carbocycles. The van der Waals surface area contributed by atoms with Crippen molar-refractivity contribution in [1.82, 2.24) is 4.90 Å². The van der Waals surface area contributed by atoms with Gasteiger partial charge in [-0.3, -0.25) is 4.90 Å². The third kappa shape index (κ3) is 4.04. The lowest BCUT2D eigenvalue weighted by Gasteiger charge is -2.28. The first-order valence-corrected chi connectivity index (χ1v) is 7.78. The second-order valence-electron chi connectivity index (χ2n) is 4.94. The van der Waals surface area contributed by atoms with Gasteiger partial charge < -0.3 is 5.73 Å². The summed E-state index contributed by atoms with van der Waals surface area (Å²) in [5.74, 6) is -0.391. The average molecular weight is 372 g/mol. The lowest BCUT2D eigenvalue weighted by atomic mass is 10.0. The first-order chi connectivity index (χ1) is 10.0. The summed E-state index contributed by atoms with van der Waals surface area (Å²) in [6, 6.07) is 12.8. The number of rotatable bonds is 5. The van der Waals surface area contributed by atoms with E-state index in [1.165, 1.54) is 0 Å². The average Bonchev–Trinajstić information content (AvgIpc) is 2.47. The van der Waals surface area contributed by atoms with E-state index in [9.17, 15) is 4.39 Å². The molecule has 5 heteroatoms. The molecule has 0 aliphatic rings. The molecule has 0 aliphatic heterocycles. The summed E-state index contributed by atoms with van der Waals surface area (Å²) in [5, 5.41) is 0.128. The second-order valence-corrected chi connectivity index (χ2v) is 6.26. The maximum absolute atomic E-state index is 14.2. The van der Waals surface area contributed by atoms with Gasteiger partial charge in [0.25, 0.3) is 0 Å². The van der Waals surface area contributed by atoms with Crippen LogP contribution in [0.4, 0.5) is 4.39 Å². The van der Waals surface area contributed by atoms with Gasteiger partial charge in [0.15, 0.2) is 0 Å². The predicted octanol–water partition coefficient (Wildman–Crippen LogP) is 4.37. The van der Waals surface area contributed by atoms with Crippen LogP contribution in [0.5, 0.6) is 0 Å². The van der Waals surface area contributed by atoms with Crippen molar-refractivity contribution >= 4 is 27.5 Å². The van der Waals surface area contributed by atoms with E-state index in [1.807, 2.05) is 36.2 Å². The Morgan fingerprint density at radius 1 is 1.24 bits per heavy atom. The van der Waals surface area contributed by atoms with E-state index in [2.05, 4.69) is 15.9 Å². The first kappa shape index (κ1) is 16.4. The molecule has 2 aromatic carbocycles. The standard InChI is InChI=1S/C16H17BrClFN2/c1-21(10-11-5-7-12(17)8-6-11)15(9-20)13-3-2-4-14(18)16(13)19/h2-8,15H,9-10,20H2,1H3. The number of likely N-dealkylation sites (N-methyl/N-ethyl adjacent to an activating group) is 1. The molecule has 0 amide bonds. The number of hydrogen-bond donors (Lipinski definition) is 1. The Labute approximate surface area is 137 Å². The topological polar surface area (TPSA) is 29.3 Å². The maximum atomic E-state index is 14.2. The summed E-state index contributed by atoms with van der Waals surface area (Å²) in [5.41, 5.74) is 7.52. The molecule has 21 heavy (non-hydrogen) atoms. The Morgan fingerprint density at radius 2 is 1.90 bits per heavy atom. The Balaban J connectivity index is 2.20. The van der Waals surface area contributed by atoms with Crippen molar-refractivity contribution in [3.8, 4) is 0 Å². The molecular formula is C16H17BrClFN2. The Kier molecular flexibility index (Phi) is 5.76. The van der Waals surface area contributed by atoms with E-state index in [0.717, 1.165) is 10.0 Å². The van der Waals surface area contributed by atoms with Crippen LogP contribution in [0.25, 0.3) is 0 Å². The molecule has 2 rings (SSSR count). The van der Waals surface area contributed by atoms with Crippen LogP contribution in [0, 0.1) is 5.82 Å². The lowest BCUT2D eigenvalue weighted by molar-refractivity contribution is 0.237.